The molecule has 0 aliphatic rings. The van der Waals surface area contributed by atoms with Gasteiger partial charge in [-0.25, -0.2) is 9.13 Å². The van der Waals surface area contributed by atoms with Gasteiger partial charge in [0.1, 0.15) is 24.8 Å². The molecule has 3 nitrogen and oxygen atoms in total. The van der Waals surface area contributed by atoms with Crippen LogP contribution in [0.3, 0.4) is 0 Å². The standard InChI is InChI=1S/C10H19N2OS/c1-4-13-8-7-11-5-6-12(9-14-3)10(11)2/h5-6H,4,7-9H2,1-3H3/q+1. The predicted octanol–water partition coefficient (Wildman–Crippen LogP) is 1.44. The molecule has 80 valence electrons. The summed E-state index contributed by atoms with van der Waals surface area (Å²) in [5, 5.41) is 0. The Kier molecular flexibility index (Phi) is 5.04. The second-order valence-electron chi connectivity index (χ2n) is 3.12. The Balaban J connectivity index is 2.51. The molecule has 0 aliphatic carbocycles. The number of nitrogens with zero attached hydrogens (tertiary/aromatic N) is 2. The molecule has 0 aromatic carbocycles. The molecule has 0 atom stereocenters. The van der Waals surface area contributed by atoms with Crippen molar-refractivity contribution in [1.29, 1.82) is 0 Å². The van der Waals surface area contributed by atoms with Crippen molar-refractivity contribution in [3.05, 3.63) is 18.2 Å². The van der Waals surface area contributed by atoms with E-state index in [2.05, 4.69) is 34.7 Å². The molecule has 4 heteroatoms. The van der Waals surface area contributed by atoms with Crippen LogP contribution in [0.4, 0.5) is 0 Å². The van der Waals surface area contributed by atoms with Gasteiger partial charge in [0.2, 0.25) is 0 Å². The summed E-state index contributed by atoms with van der Waals surface area (Å²) in [6.07, 6.45) is 6.35. The normalized spacial score (nSPS) is 10.8. The highest BCUT2D eigenvalue weighted by molar-refractivity contribution is 7.97. The highest BCUT2D eigenvalue weighted by atomic mass is 32.2. The molecule has 1 rings (SSSR count). The van der Waals surface area contributed by atoms with Gasteiger partial charge in [-0.1, -0.05) is 0 Å². The third kappa shape index (κ3) is 3.03. The summed E-state index contributed by atoms with van der Waals surface area (Å²) in [4.78, 5) is 0. The highest BCUT2D eigenvalue weighted by Gasteiger charge is 2.10. The Bertz CT molecular complexity index is 273. The molecule has 1 heterocycles. The fourth-order valence-electron chi connectivity index (χ4n) is 1.36. The molecule has 0 aliphatic heterocycles. The van der Waals surface area contributed by atoms with Crippen LogP contribution in [0.1, 0.15) is 12.7 Å². The van der Waals surface area contributed by atoms with Gasteiger partial charge in [-0.3, -0.25) is 0 Å². The van der Waals surface area contributed by atoms with Crippen LogP contribution in [0.25, 0.3) is 0 Å². The first kappa shape index (κ1) is 11.6. The van der Waals surface area contributed by atoms with E-state index in [1.54, 1.807) is 0 Å². The smallest absolute Gasteiger partial charge is 0.254 e. The summed E-state index contributed by atoms with van der Waals surface area (Å²) in [5.41, 5.74) is 0. The van der Waals surface area contributed by atoms with Gasteiger partial charge in [0.15, 0.2) is 0 Å². The third-order valence-electron chi connectivity index (χ3n) is 2.21. The lowest BCUT2D eigenvalue weighted by atomic mass is 10.6. The SMILES string of the molecule is CCOCCn1cc[n+](CSC)c1C. The lowest BCUT2D eigenvalue weighted by Crippen LogP contribution is -2.34. The number of imidazole rings is 1. The van der Waals surface area contributed by atoms with Crippen molar-refractivity contribution < 1.29 is 9.30 Å². The first-order valence-electron chi connectivity index (χ1n) is 4.91. The van der Waals surface area contributed by atoms with Crippen LogP contribution in [0.5, 0.6) is 0 Å². The molecule has 1 aromatic rings. The van der Waals surface area contributed by atoms with Gasteiger partial charge in [-0.2, -0.15) is 0 Å². The van der Waals surface area contributed by atoms with Crippen molar-refractivity contribution in [1.82, 2.24) is 4.57 Å². The van der Waals surface area contributed by atoms with E-state index >= 15 is 0 Å². The maximum Gasteiger partial charge on any atom is 0.254 e. The molecule has 0 radical (unpaired) electrons. The van der Waals surface area contributed by atoms with Crippen LogP contribution in [-0.4, -0.2) is 24.0 Å². The lowest BCUT2D eigenvalue weighted by molar-refractivity contribution is -0.681. The van der Waals surface area contributed by atoms with E-state index in [-0.39, 0.29) is 0 Å². The summed E-state index contributed by atoms with van der Waals surface area (Å²) in [7, 11) is 0. The fourth-order valence-corrected chi connectivity index (χ4v) is 1.91. The zero-order chi connectivity index (χ0) is 10.4. The Morgan fingerprint density at radius 2 is 2.36 bits per heavy atom. The maximum absolute atomic E-state index is 5.33. The van der Waals surface area contributed by atoms with Gasteiger partial charge < -0.3 is 4.74 Å². The van der Waals surface area contributed by atoms with Gasteiger partial charge >= 0.3 is 0 Å². The van der Waals surface area contributed by atoms with Gasteiger partial charge in [-0.15, -0.1) is 11.8 Å². The van der Waals surface area contributed by atoms with E-state index in [0.29, 0.717) is 0 Å². The van der Waals surface area contributed by atoms with Crippen molar-refractivity contribution in [3.8, 4) is 0 Å². The van der Waals surface area contributed by atoms with Gasteiger partial charge in [0.25, 0.3) is 5.82 Å². The molecule has 0 saturated carbocycles. The molecule has 1 aromatic heterocycles. The average molecular weight is 215 g/mol. The van der Waals surface area contributed by atoms with Gasteiger partial charge in [0, 0.05) is 13.5 Å². The zero-order valence-electron chi connectivity index (χ0n) is 9.19. The molecule has 0 amide bonds. The number of aromatic nitrogens is 2. The molecule has 0 bridgehead atoms. The van der Waals surface area contributed by atoms with Crippen LogP contribution >= 0.6 is 11.8 Å². The minimum Gasteiger partial charge on any atom is -0.378 e. The Morgan fingerprint density at radius 1 is 1.57 bits per heavy atom. The minimum absolute atomic E-state index is 0.797. The summed E-state index contributed by atoms with van der Waals surface area (Å²) in [6, 6.07) is 0. The maximum atomic E-state index is 5.33. The lowest BCUT2D eigenvalue weighted by Gasteiger charge is -2.00. The van der Waals surface area contributed by atoms with Crippen molar-refractivity contribution >= 4 is 11.8 Å². The summed E-state index contributed by atoms with van der Waals surface area (Å²) < 4.78 is 9.80. The van der Waals surface area contributed by atoms with Crippen LogP contribution in [-0.2, 0) is 17.2 Å². The highest BCUT2D eigenvalue weighted by Crippen LogP contribution is 1.97. The average Bonchev–Trinajstić information content (AvgIpc) is 2.51. The topological polar surface area (TPSA) is 18.0 Å². The first-order chi connectivity index (χ1) is 6.79. The Hall–Kier alpha value is -0.480. The van der Waals surface area contributed by atoms with E-state index in [4.69, 9.17) is 4.74 Å². The zero-order valence-corrected chi connectivity index (χ0v) is 10.0. The monoisotopic (exact) mass is 215 g/mol. The fraction of sp³-hybridized carbons (Fsp3) is 0.700. The van der Waals surface area contributed by atoms with Crippen LogP contribution in [0.15, 0.2) is 12.4 Å². The van der Waals surface area contributed by atoms with Gasteiger partial charge in [0.05, 0.1) is 6.61 Å². The molecular weight excluding hydrogens is 196 g/mol. The van der Waals surface area contributed by atoms with Crippen LogP contribution < -0.4 is 4.57 Å². The summed E-state index contributed by atoms with van der Waals surface area (Å²) in [6.45, 7) is 6.70. The largest absolute Gasteiger partial charge is 0.378 e. The van der Waals surface area contributed by atoms with Crippen molar-refractivity contribution in [2.75, 3.05) is 19.5 Å². The first-order valence-corrected chi connectivity index (χ1v) is 6.30. The van der Waals surface area contributed by atoms with Crippen LogP contribution in [0, 0.1) is 6.92 Å². The number of hydrogen-bond donors (Lipinski definition) is 0. The Morgan fingerprint density at radius 3 is 3.00 bits per heavy atom. The second-order valence-corrected chi connectivity index (χ2v) is 3.96. The third-order valence-corrected chi connectivity index (χ3v) is 2.74. The predicted molar refractivity (Wildman–Crippen MR) is 59.4 cm³/mol. The minimum atomic E-state index is 0.797. The summed E-state index contributed by atoms with van der Waals surface area (Å²) >= 11 is 1.83. The van der Waals surface area contributed by atoms with Crippen molar-refractivity contribution in [2.24, 2.45) is 0 Å². The second kappa shape index (κ2) is 6.09. The quantitative estimate of drug-likeness (QED) is 0.528. The van der Waals surface area contributed by atoms with Gasteiger partial charge in [-0.05, 0) is 13.2 Å². The van der Waals surface area contributed by atoms with E-state index in [1.165, 1.54) is 5.82 Å². The number of ether oxygens (including phenoxy) is 1. The van der Waals surface area contributed by atoms with E-state index in [0.717, 1.165) is 25.6 Å². The molecule has 0 N–H and O–H groups in total. The summed E-state index contributed by atoms with van der Waals surface area (Å²) in [5.74, 6) is 2.31. The van der Waals surface area contributed by atoms with E-state index in [1.807, 2.05) is 18.7 Å². The molecule has 0 fully saturated rings. The van der Waals surface area contributed by atoms with E-state index < -0.39 is 0 Å². The Labute approximate surface area is 90.1 Å². The molecule has 0 unspecified atom stereocenters. The molecule has 0 spiro atoms. The molecule has 0 saturated heterocycles. The van der Waals surface area contributed by atoms with Crippen LogP contribution in [0.2, 0.25) is 0 Å². The van der Waals surface area contributed by atoms with Crippen molar-refractivity contribution in [3.63, 3.8) is 0 Å². The number of thioether (sulfide) groups is 1. The molecule has 14 heavy (non-hydrogen) atoms. The van der Waals surface area contributed by atoms with Crippen molar-refractivity contribution in [2.45, 2.75) is 26.3 Å². The van der Waals surface area contributed by atoms with E-state index in [9.17, 15) is 0 Å². The molecular formula is C10H19N2OS+. The number of hydrogen-bond acceptors (Lipinski definition) is 2. The number of rotatable bonds is 6.